The van der Waals surface area contributed by atoms with Crippen LogP contribution in [0.15, 0.2) is 34.8 Å². The molecule has 2 rings (SSSR count). The highest BCUT2D eigenvalue weighted by Gasteiger charge is 2.14. The van der Waals surface area contributed by atoms with E-state index in [9.17, 15) is 4.79 Å². The second-order valence-corrected chi connectivity index (χ2v) is 5.96. The topological polar surface area (TPSA) is 52.3 Å². The molecule has 0 fully saturated rings. The highest BCUT2D eigenvalue weighted by Crippen LogP contribution is 2.25. The standard InChI is InChI=1S/C17H18BrNO2/c1-10-7-11(2)14(12(3)8-10)9-21-17(20)13-5-4-6-15(19)16(13)18/h4-8H,9,19H2,1-3H3. The van der Waals surface area contributed by atoms with E-state index in [1.807, 2.05) is 13.8 Å². The van der Waals surface area contributed by atoms with Gasteiger partial charge in [0.1, 0.15) is 6.61 Å². The summed E-state index contributed by atoms with van der Waals surface area (Å²) in [7, 11) is 0. The van der Waals surface area contributed by atoms with Gasteiger partial charge in [-0.1, -0.05) is 23.8 Å². The molecule has 0 saturated heterocycles. The lowest BCUT2D eigenvalue weighted by Gasteiger charge is -2.12. The molecule has 0 bridgehead atoms. The van der Waals surface area contributed by atoms with Crippen LogP contribution in [0.25, 0.3) is 0 Å². The molecule has 2 N–H and O–H groups in total. The van der Waals surface area contributed by atoms with E-state index in [0.29, 0.717) is 15.7 Å². The molecule has 0 radical (unpaired) electrons. The average Bonchev–Trinajstić information content (AvgIpc) is 2.40. The summed E-state index contributed by atoms with van der Waals surface area (Å²) in [5, 5.41) is 0. The summed E-state index contributed by atoms with van der Waals surface area (Å²) in [6, 6.07) is 9.34. The summed E-state index contributed by atoms with van der Waals surface area (Å²) >= 11 is 3.32. The van der Waals surface area contributed by atoms with Gasteiger partial charge in [0.15, 0.2) is 0 Å². The SMILES string of the molecule is Cc1cc(C)c(COC(=O)c2cccc(N)c2Br)c(C)c1. The smallest absolute Gasteiger partial charge is 0.339 e. The number of halogens is 1. The van der Waals surface area contributed by atoms with E-state index >= 15 is 0 Å². The number of nitrogen functional groups attached to an aromatic ring is 1. The van der Waals surface area contributed by atoms with Crippen molar-refractivity contribution >= 4 is 27.6 Å². The molecule has 0 unspecified atom stereocenters. The van der Waals surface area contributed by atoms with Gasteiger partial charge in [0.2, 0.25) is 0 Å². The normalized spacial score (nSPS) is 10.5. The lowest BCUT2D eigenvalue weighted by atomic mass is 10.0. The molecule has 3 nitrogen and oxygen atoms in total. The number of hydrogen-bond acceptors (Lipinski definition) is 3. The first kappa shape index (κ1) is 15.6. The Morgan fingerprint density at radius 2 is 1.81 bits per heavy atom. The molecular formula is C17H18BrNO2. The maximum absolute atomic E-state index is 12.2. The van der Waals surface area contributed by atoms with Crippen molar-refractivity contribution in [1.29, 1.82) is 0 Å². The van der Waals surface area contributed by atoms with E-state index < -0.39 is 0 Å². The van der Waals surface area contributed by atoms with Gasteiger partial charge >= 0.3 is 5.97 Å². The van der Waals surface area contributed by atoms with Crippen molar-refractivity contribution in [2.45, 2.75) is 27.4 Å². The Balaban J connectivity index is 2.17. The van der Waals surface area contributed by atoms with Crippen molar-refractivity contribution in [2.75, 3.05) is 5.73 Å². The fourth-order valence-electron chi connectivity index (χ4n) is 2.36. The summed E-state index contributed by atoms with van der Waals surface area (Å²) in [4.78, 5) is 12.2. The minimum atomic E-state index is -0.381. The number of aryl methyl sites for hydroxylation is 3. The van der Waals surface area contributed by atoms with Crippen LogP contribution in [0.5, 0.6) is 0 Å². The Morgan fingerprint density at radius 1 is 1.19 bits per heavy atom. The van der Waals surface area contributed by atoms with E-state index in [-0.39, 0.29) is 12.6 Å². The van der Waals surface area contributed by atoms with Crippen molar-refractivity contribution in [3.8, 4) is 0 Å². The number of rotatable bonds is 3. The average molecular weight is 348 g/mol. The van der Waals surface area contributed by atoms with Gasteiger partial charge in [0, 0.05) is 5.69 Å². The molecule has 0 aliphatic carbocycles. The molecular weight excluding hydrogens is 330 g/mol. The van der Waals surface area contributed by atoms with Crippen LogP contribution < -0.4 is 5.73 Å². The predicted molar refractivity (Wildman–Crippen MR) is 88.3 cm³/mol. The third-order valence-corrected chi connectivity index (χ3v) is 4.32. The van der Waals surface area contributed by atoms with Crippen LogP contribution in [-0.4, -0.2) is 5.97 Å². The zero-order valence-electron chi connectivity index (χ0n) is 12.4. The highest BCUT2D eigenvalue weighted by molar-refractivity contribution is 9.10. The number of nitrogens with two attached hydrogens (primary N) is 1. The molecule has 0 aliphatic heterocycles. The maximum atomic E-state index is 12.2. The number of anilines is 1. The quantitative estimate of drug-likeness (QED) is 0.664. The molecule has 0 aromatic heterocycles. The fourth-order valence-corrected chi connectivity index (χ4v) is 2.79. The Hall–Kier alpha value is -1.81. The monoisotopic (exact) mass is 347 g/mol. The lowest BCUT2D eigenvalue weighted by molar-refractivity contribution is 0.0470. The Kier molecular flexibility index (Phi) is 4.68. The van der Waals surface area contributed by atoms with E-state index in [2.05, 4.69) is 35.0 Å². The van der Waals surface area contributed by atoms with Crippen LogP contribution in [0.2, 0.25) is 0 Å². The predicted octanol–water partition coefficient (Wildman–Crippen LogP) is 4.31. The van der Waals surface area contributed by atoms with Crippen LogP contribution in [0, 0.1) is 20.8 Å². The van der Waals surface area contributed by atoms with Crippen molar-refractivity contribution < 1.29 is 9.53 Å². The number of esters is 1. The van der Waals surface area contributed by atoms with Crippen molar-refractivity contribution in [1.82, 2.24) is 0 Å². The first-order valence-corrected chi connectivity index (χ1v) is 7.47. The number of carbonyl (C=O) groups is 1. The van der Waals surface area contributed by atoms with Gasteiger partial charge in [-0.25, -0.2) is 4.79 Å². The Bertz CT molecular complexity index is 672. The zero-order valence-corrected chi connectivity index (χ0v) is 14.0. The number of hydrogen-bond donors (Lipinski definition) is 1. The first-order chi connectivity index (χ1) is 9.90. The minimum absolute atomic E-state index is 0.262. The molecule has 0 aliphatic rings. The second-order valence-electron chi connectivity index (χ2n) is 5.16. The number of benzene rings is 2. The molecule has 21 heavy (non-hydrogen) atoms. The molecule has 0 saturated carbocycles. The van der Waals surface area contributed by atoms with Gasteiger partial charge in [-0.3, -0.25) is 0 Å². The molecule has 0 heterocycles. The van der Waals surface area contributed by atoms with Gasteiger partial charge in [-0.2, -0.15) is 0 Å². The van der Waals surface area contributed by atoms with Gasteiger partial charge < -0.3 is 10.5 Å². The molecule has 2 aromatic rings. The highest BCUT2D eigenvalue weighted by atomic mass is 79.9. The summed E-state index contributed by atoms with van der Waals surface area (Å²) in [6.07, 6.45) is 0. The molecule has 0 amide bonds. The van der Waals surface area contributed by atoms with E-state index in [1.165, 1.54) is 5.56 Å². The van der Waals surface area contributed by atoms with Gasteiger partial charge in [-0.15, -0.1) is 0 Å². The molecule has 0 spiro atoms. The van der Waals surface area contributed by atoms with Crippen molar-refractivity contribution in [2.24, 2.45) is 0 Å². The Labute approximate surface area is 133 Å². The molecule has 0 atom stereocenters. The number of ether oxygens (including phenoxy) is 1. The molecule has 110 valence electrons. The molecule has 4 heteroatoms. The van der Waals surface area contributed by atoms with Crippen LogP contribution in [0.4, 0.5) is 5.69 Å². The molecule has 2 aromatic carbocycles. The van der Waals surface area contributed by atoms with E-state index in [1.54, 1.807) is 18.2 Å². The van der Waals surface area contributed by atoms with Crippen LogP contribution >= 0.6 is 15.9 Å². The largest absolute Gasteiger partial charge is 0.457 e. The summed E-state index contributed by atoms with van der Waals surface area (Å²) in [5.74, 6) is -0.381. The van der Waals surface area contributed by atoms with Gasteiger partial charge in [0.05, 0.1) is 10.0 Å². The Morgan fingerprint density at radius 3 is 2.43 bits per heavy atom. The van der Waals surface area contributed by atoms with Crippen molar-refractivity contribution in [3.63, 3.8) is 0 Å². The summed E-state index contributed by atoms with van der Waals surface area (Å²) in [5.41, 5.74) is 11.3. The van der Waals surface area contributed by atoms with Crippen LogP contribution in [-0.2, 0) is 11.3 Å². The van der Waals surface area contributed by atoms with Crippen LogP contribution in [0.1, 0.15) is 32.6 Å². The second kappa shape index (κ2) is 6.31. The lowest BCUT2D eigenvalue weighted by Crippen LogP contribution is -2.08. The summed E-state index contributed by atoms with van der Waals surface area (Å²) < 4.78 is 6.00. The third-order valence-electron chi connectivity index (χ3n) is 3.44. The first-order valence-electron chi connectivity index (χ1n) is 6.68. The van der Waals surface area contributed by atoms with Crippen LogP contribution in [0.3, 0.4) is 0 Å². The van der Waals surface area contributed by atoms with E-state index in [4.69, 9.17) is 10.5 Å². The van der Waals surface area contributed by atoms with Gasteiger partial charge in [0.25, 0.3) is 0 Å². The van der Waals surface area contributed by atoms with Gasteiger partial charge in [-0.05, 0) is 65.5 Å². The number of carbonyl (C=O) groups excluding carboxylic acids is 1. The zero-order chi connectivity index (χ0) is 15.6. The minimum Gasteiger partial charge on any atom is -0.457 e. The van der Waals surface area contributed by atoms with E-state index in [0.717, 1.165) is 16.7 Å². The summed E-state index contributed by atoms with van der Waals surface area (Å²) in [6.45, 7) is 6.37. The fraction of sp³-hybridized carbons (Fsp3) is 0.235. The maximum Gasteiger partial charge on any atom is 0.339 e. The van der Waals surface area contributed by atoms with Crippen molar-refractivity contribution in [3.05, 3.63) is 62.6 Å². The third kappa shape index (κ3) is 3.45.